The van der Waals surface area contributed by atoms with E-state index in [1.165, 1.54) is 0 Å². The lowest BCUT2D eigenvalue weighted by Crippen LogP contribution is -2.34. The van der Waals surface area contributed by atoms with Crippen molar-refractivity contribution in [3.63, 3.8) is 0 Å². The maximum Gasteiger partial charge on any atom is 0.0927 e. The summed E-state index contributed by atoms with van der Waals surface area (Å²) in [6, 6.07) is -0.259. The molecule has 2 nitrogen and oxygen atoms in total. The molecule has 0 bridgehead atoms. The van der Waals surface area contributed by atoms with E-state index in [0.717, 1.165) is 12.8 Å². The van der Waals surface area contributed by atoms with E-state index in [0.29, 0.717) is 0 Å². The largest absolute Gasteiger partial charge is 0.379 e. The van der Waals surface area contributed by atoms with Crippen molar-refractivity contribution in [1.29, 1.82) is 0 Å². The molecule has 2 N–H and O–H groups in total. The minimum atomic E-state index is -0.259. The molecule has 0 aromatic rings. The van der Waals surface area contributed by atoms with Gasteiger partial charge in [0.15, 0.2) is 0 Å². The lowest BCUT2D eigenvalue weighted by molar-refractivity contribution is 0.0866. The molecular formula is C8H15NO. The van der Waals surface area contributed by atoms with E-state index in [4.69, 9.17) is 16.9 Å². The fourth-order valence-corrected chi connectivity index (χ4v) is 0.836. The van der Waals surface area contributed by atoms with Gasteiger partial charge >= 0.3 is 0 Å². The second-order valence-electron chi connectivity index (χ2n) is 2.26. The van der Waals surface area contributed by atoms with Gasteiger partial charge in [0.1, 0.15) is 0 Å². The van der Waals surface area contributed by atoms with Crippen LogP contribution in [0.4, 0.5) is 0 Å². The van der Waals surface area contributed by atoms with Gasteiger partial charge in [0.25, 0.3) is 0 Å². The van der Waals surface area contributed by atoms with Crippen LogP contribution in [-0.4, -0.2) is 19.3 Å². The molecule has 0 radical (unpaired) electrons. The summed E-state index contributed by atoms with van der Waals surface area (Å²) in [5.41, 5.74) is 5.55. The van der Waals surface area contributed by atoms with Crippen LogP contribution in [0.3, 0.4) is 0 Å². The van der Waals surface area contributed by atoms with E-state index >= 15 is 0 Å². The second-order valence-corrected chi connectivity index (χ2v) is 2.26. The van der Waals surface area contributed by atoms with Gasteiger partial charge in [0.2, 0.25) is 0 Å². The predicted molar refractivity (Wildman–Crippen MR) is 42.5 cm³/mol. The van der Waals surface area contributed by atoms with Crippen LogP contribution in [0.2, 0.25) is 0 Å². The molecule has 0 saturated heterocycles. The van der Waals surface area contributed by atoms with Crippen LogP contribution in [0.25, 0.3) is 0 Å². The molecule has 0 aromatic heterocycles. The first kappa shape index (κ1) is 9.48. The van der Waals surface area contributed by atoms with Crippen molar-refractivity contribution < 1.29 is 4.74 Å². The highest BCUT2D eigenvalue weighted by molar-refractivity contribution is 5.00. The first-order valence-electron chi connectivity index (χ1n) is 3.50. The summed E-state index contributed by atoms with van der Waals surface area (Å²) in [5.74, 6) is 2.45. The van der Waals surface area contributed by atoms with E-state index in [1.807, 2.05) is 0 Å². The Morgan fingerprint density at radius 2 is 2.30 bits per heavy atom. The summed E-state index contributed by atoms with van der Waals surface area (Å²) in [5, 5.41) is 0. The van der Waals surface area contributed by atoms with Gasteiger partial charge in [-0.2, -0.15) is 0 Å². The SMILES string of the molecule is C#CC(N)C(CCC)OC. The van der Waals surface area contributed by atoms with Gasteiger partial charge in [0, 0.05) is 7.11 Å². The van der Waals surface area contributed by atoms with Crippen molar-refractivity contribution in [2.75, 3.05) is 7.11 Å². The quantitative estimate of drug-likeness (QED) is 0.587. The summed E-state index contributed by atoms with van der Waals surface area (Å²) in [6.07, 6.45) is 7.13. The Labute approximate surface area is 62.7 Å². The van der Waals surface area contributed by atoms with Crippen LogP contribution in [0.15, 0.2) is 0 Å². The molecule has 0 aliphatic heterocycles. The summed E-state index contributed by atoms with van der Waals surface area (Å²) in [6.45, 7) is 2.08. The number of ether oxygens (including phenoxy) is 1. The predicted octanol–water partition coefficient (Wildman–Crippen LogP) is 0.762. The number of terminal acetylenes is 1. The molecular weight excluding hydrogens is 126 g/mol. The van der Waals surface area contributed by atoms with Crippen LogP contribution in [0.5, 0.6) is 0 Å². The first-order chi connectivity index (χ1) is 4.76. The van der Waals surface area contributed by atoms with Crippen molar-refractivity contribution in [2.45, 2.75) is 31.9 Å². The van der Waals surface area contributed by atoms with Gasteiger partial charge in [-0.15, -0.1) is 6.42 Å². The molecule has 0 aromatic carbocycles. The fourth-order valence-electron chi connectivity index (χ4n) is 0.836. The lowest BCUT2D eigenvalue weighted by atomic mass is 10.1. The maximum absolute atomic E-state index is 5.55. The number of hydrogen-bond acceptors (Lipinski definition) is 2. The average Bonchev–Trinajstić information content (AvgIpc) is 1.99. The van der Waals surface area contributed by atoms with E-state index in [2.05, 4.69) is 12.8 Å². The molecule has 0 rings (SSSR count). The molecule has 2 heteroatoms. The maximum atomic E-state index is 5.55. The summed E-state index contributed by atoms with van der Waals surface area (Å²) in [7, 11) is 1.64. The van der Waals surface area contributed by atoms with Crippen molar-refractivity contribution in [3.05, 3.63) is 0 Å². The third kappa shape index (κ3) is 2.86. The smallest absolute Gasteiger partial charge is 0.0927 e. The van der Waals surface area contributed by atoms with Gasteiger partial charge in [-0.1, -0.05) is 19.3 Å². The summed E-state index contributed by atoms with van der Waals surface area (Å²) >= 11 is 0. The van der Waals surface area contributed by atoms with Crippen LogP contribution >= 0.6 is 0 Å². The Bertz CT molecular complexity index is 117. The van der Waals surface area contributed by atoms with Crippen molar-refractivity contribution in [1.82, 2.24) is 0 Å². The number of nitrogens with two attached hydrogens (primary N) is 1. The molecule has 0 amide bonds. The van der Waals surface area contributed by atoms with Gasteiger partial charge in [-0.05, 0) is 6.42 Å². The lowest BCUT2D eigenvalue weighted by Gasteiger charge is -2.16. The Kier molecular flexibility index (Phi) is 5.00. The van der Waals surface area contributed by atoms with Gasteiger partial charge in [-0.25, -0.2) is 0 Å². The highest BCUT2D eigenvalue weighted by Crippen LogP contribution is 2.03. The Morgan fingerprint density at radius 3 is 2.60 bits per heavy atom. The molecule has 58 valence electrons. The summed E-state index contributed by atoms with van der Waals surface area (Å²) in [4.78, 5) is 0. The van der Waals surface area contributed by atoms with Crippen LogP contribution in [-0.2, 0) is 4.74 Å². The zero-order valence-electron chi connectivity index (χ0n) is 6.63. The third-order valence-corrected chi connectivity index (χ3v) is 1.47. The van der Waals surface area contributed by atoms with Crippen LogP contribution in [0.1, 0.15) is 19.8 Å². The molecule has 10 heavy (non-hydrogen) atoms. The topological polar surface area (TPSA) is 35.2 Å². The molecule has 0 aliphatic rings. The minimum absolute atomic E-state index is 0.0231. The van der Waals surface area contributed by atoms with Crippen molar-refractivity contribution in [3.8, 4) is 12.3 Å². The van der Waals surface area contributed by atoms with Gasteiger partial charge in [0.05, 0.1) is 12.1 Å². The van der Waals surface area contributed by atoms with E-state index in [9.17, 15) is 0 Å². The molecule has 2 unspecified atom stereocenters. The summed E-state index contributed by atoms with van der Waals surface area (Å²) < 4.78 is 5.08. The molecule has 0 aliphatic carbocycles. The highest BCUT2D eigenvalue weighted by atomic mass is 16.5. The number of hydrogen-bond donors (Lipinski definition) is 1. The van der Waals surface area contributed by atoms with Crippen LogP contribution < -0.4 is 5.73 Å². The Morgan fingerprint density at radius 1 is 1.70 bits per heavy atom. The van der Waals surface area contributed by atoms with Gasteiger partial charge in [-0.3, -0.25) is 0 Å². The zero-order valence-corrected chi connectivity index (χ0v) is 6.63. The molecule has 0 heterocycles. The first-order valence-corrected chi connectivity index (χ1v) is 3.50. The second kappa shape index (κ2) is 5.28. The van der Waals surface area contributed by atoms with E-state index in [1.54, 1.807) is 7.11 Å². The monoisotopic (exact) mass is 141 g/mol. The Balaban J connectivity index is 3.71. The molecule has 2 atom stereocenters. The fraction of sp³-hybridized carbons (Fsp3) is 0.750. The molecule has 0 spiro atoms. The average molecular weight is 141 g/mol. The number of rotatable bonds is 4. The van der Waals surface area contributed by atoms with Crippen molar-refractivity contribution >= 4 is 0 Å². The third-order valence-electron chi connectivity index (χ3n) is 1.47. The molecule has 0 fully saturated rings. The van der Waals surface area contributed by atoms with Crippen LogP contribution in [0, 0.1) is 12.3 Å². The zero-order chi connectivity index (χ0) is 7.98. The van der Waals surface area contributed by atoms with E-state index in [-0.39, 0.29) is 12.1 Å². The minimum Gasteiger partial charge on any atom is -0.379 e. The van der Waals surface area contributed by atoms with Gasteiger partial charge < -0.3 is 10.5 Å². The van der Waals surface area contributed by atoms with E-state index < -0.39 is 0 Å². The molecule has 0 saturated carbocycles. The normalized spacial score (nSPS) is 15.8. The Hall–Kier alpha value is -0.520. The number of methoxy groups -OCH3 is 1. The van der Waals surface area contributed by atoms with Crippen molar-refractivity contribution in [2.24, 2.45) is 5.73 Å². The standard InChI is InChI=1S/C8H15NO/c1-4-6-8(10-3)7(9)5-2/h2,7-8H,4,6,9H2,1,3H3. The highest BCUT2D eigenvalue weighted by Gasteiger charge is 2.12.